The minimum absolute atomic E-state index is 0.111. The smallest absolute Gasteiger partial charge is 0.242 e. The molecule has 0 fully saturated rings. The zero-order valence-electron chi connectivity index (χ0n) is 18.6. The molecule has 0 bridgehead atoms. The highest BCUT2D eigenvalue weighted by Crippen LogP contribution is 2.39. The van der Waals surface area contributed by atoms with Crippen molar-refractivity contribution in [2.45, 2.75) is 49.6 Å². The quantitative estimate of drug-likeness (QED) is 0.705. The van der Waals surface area contributed by atoms with Crippen molar-refractivity contribution in [1.29, 1.82) is 0 Å². The molecule has 0 spiro atoms. The Bertz CT molecular complexity index is 1060. The molecule has 8 heteroatoms. The fourth-order valence-electron chi connectivity index (χ4n) is 3.77. The van der Waals surface area contributed by atoms with E-state index < -0.39 is 10.0 Å². The van der Waals surface area contributed by atoms with Crippen LogP contribution in [0.2, 0.25) is 0 Å². The van der Waals surface area contributed by atoms with Crippen LogP contribution in [-0.4, -0.2) is 45.4 Å². The molecule has 3 rings (SSSR count). The summed E-state index contributed by atoms with van der Waals surface area (Å²) in [6.45, 7) is 4.01. The first-order valence-corrected chi connectivity index (χ1v) is 11.6. The zero-order chi connectivity index (χ0) is 22.8. The average Bonchev–Trinajstić information content (AvgIpc) is 2.71. The van der Waals surface area contributed by atoms with Crippen LogP contribution < -0.4 is 14.8 Å². The third kappa shape index (κ3) is 5.19. The Morgan fingerprint density at radius 1 is 1.23 bits per heavy atom. The lowest BCUT2D eigenvalue weighted by molar-refractivity contribution is -0.122. The number of aryl methyl sites for hydroxylation is 1. The number of hydrogen-bond acceptors (Lipinski definition) is 5. The fraction of sp³-hybridized carbons (Fsp3) is 0.435. The van der Waals surface area contributed by atoms with Gasteiger partial charge in [-0.25, -0.2) is 12.7 Å². The Morgan fingerprint density at radius 2 is 1.94 bits per heavy atom. The summed E-state index contributed by atoms with van der Waals surface area (Å²) in [6, 6.07) is 12.3. The van der Waals surface area contributed by atoms with E-state index in [0.29, 0.717) is 24.2 Å². The highest BCUT2D eigenvalue weighted by Gasteiger charge is 2.34. The average molecular weight is 447 g/mol. The molecular formula is C23H30N2O5S. The van der Waals surface area contributed by atoms with Gasteiger partial charge in [0.25, 0.3) is 0 Å². The van der Waals surface area contributed by atoms with Crippen LogP contribution in [0.3, 0.4) is 0 Å². The number of fused-ring (bicyclic) bond motifs is 1. The van der Waals surface area contributed by atoms with Crippen LogP contribution in [0.4, 0.5) is 0 Å². The molecule has 0 aliphatic carbocycles. The van der Waals surface area contributed by atoms with Gasteiger partial charge in [-0.3, -0.25) is 4.79 Å². The van der Waals surface area contributed by atoms with Gasteiger partial charge in [0.2, 0.25) is 15.9 Å². The van der Waals surface area contributed by atoms with Gasteiger partial charge in [0.1, 0.15) is 17.1 Å². The minimum Gasteiger partial charge on any atom is -0.496 e. The first kappa shape index (κ1) is 23.1. The van der Waals surface area contributed by atoms with Gasteiger partial charge in [0, 0.05) is 32.5 Å². The van der Waals surface area contributed by atoms with Crippen molar-refractivity contribution in [2.24, 2.45) is 0 Å². The maximum atomic E-state index is 12.8. The molecule has 1 aliphatic heterocycles. The van der Waals surface area contributed by atoms with Gasteiger partial charge in [-0.1, -0.05) is 18.2 Å². The SMILES string of the molecule is COc1ccc(S(=O)(=O)N(C)C)cc1CCC(=O)N[C@H]1CC(C)(C)Oc2ccccc21. The Morgan fingerprint density at radius 3 is 2.61 bits per heavy atom. The molecule has 1 N–H and O–H groups in total. The van der Waals surface area contributed by atoms with Crippen molar-refractivity contribution in [1.82, 2.24) is 9.62 Å². The third-order valence-electron chi connectivity index (χ3n) is 5.36. The topological polar surface area (TPSA) is 84.9 Å². The Hall–Kier alpha value is -2.58. The van der Waals surface area contributed by atoms with Gasteiger partial charge >= 0.3 is 0 Å². The molecule has 2 aromatic rings. The summed E-state index contributed by atoms with van der Waals surface area (Å²) >= 11 is 0. The van der Waals surface area contributed by atoms with Crippen LogP contribution in [0.1, 0.15) is 43.9 Å². The molecule has 1 atom stereocenters. The van der Waals surface area contributed by atoms with Crippen molar-refractivity contribution in [3.8, 4) is 11.5 Å². The lowest BCUT2D eigenvalue weighted by Crippen LogP contribution is -2.41. The van der Waals surface area contributed by atoms with Gasteiger partial charge in [-0.15, -0.1) is 0 Å². The minimum atomic E-state index is -3.57. The lowest BCUT2D eigenvalue weighted by atomic mass is 9.89. The summed E-state index contributed by atoms with van der Waals surface area (Å²) < 4.78 is 37.5. The number of nitrogens with one attached hydrogen (secondary N) is 1. The summed E-state index contributed by atoms with van der Waals surface area (Å²) in [4.78, 5) is 13.0. The standard InChI is InChI=1S/C23H30N2O5S/c1-23(2)15-19(18-8-6-7-9-21(18)30-23)24-22(26)13-10-16-14-17(11-12-20(16)29-5)31(27,28)25(3)4/h6-9,11-12,14,19H,10,13,15H2,1-5H3,(H,24,26)/t19-/m0/s1. The Labute approximate surface area is 184 Å². The van der Waals surface area contributed by atoms with E-state index in [-0.39, 0.29) is 28.9 Å². The maximum absolute atomic E-state index is 12.8. The Balaban J connectivity index is 1.74. The number of carbonyl (C=O) groups is 1. The monoisotopic (exact) mass is 446 g/mol. The molecule has 7 nitrogen and oxygen atoms in total. The van der Waals surface area contributed by atoms with E-state index in [1.807, 2.05) is 38.1 Å². The van der Waals surface area contributed by atoms with Crippen molar-refractivity contribution in [3.63, 3.8) is 0 Å². The van der Waals surface area contributed by atoms with E-state index in [1.165, 1.54) is 27.3 Å². The summed E-state index contributed by atoms with van der Waals surface area (Å²) in [7, 11) is 0.931. The van der Waals surface area contributed by atoms with E-state index in [2.05, 4.69) is 5.32 Å². The van der Waals surface area contributed by atoms with Gasteiger partial charge in [-0.2, -0.15) is 0 Å². The van der Waals surface area contributed by atoms with Crippen LogP contribution >= 0.6 is 0 Å². The molecular weight excluding hydrogens is 416 g/mol. The van der Waals surface area contributed by atoms with Crippen molar-refractivity contribution >= 4 is 15.9 Å². The second kappa shape index (κ2) is 8.88. The van der Waals surface area contributed by atoms with Crippen LogP contribution in [0.25, 0.3) is 0 Å². The van der Waals surface area contributed by atoms with E-state index in [1.54, 1.807) is 12.1 Å². The summed E-state index contributed by atoms with van der Waals surface area (Å²) in [5.74, 6) is 1.23. The maximum Gasteiger partial charge on any atom is 0.242 e. The Kier molecular flexibility index (Phi) is 6.62. The fourth-order valence-corrected chi connectivity index (χ4v) is 4.72. The number of nitrogens with zero attached hydrogens (tertiary/aromatic N) is 1. The largest absolute Gasteiger partial charge is 0.496 e. The number of sulfonamides is 1. The van der Waals surface area contributed by atoms with E-state index >= 15 is 0 Å². The molecule has 0 radical (unpaired) electrons. The van der Waals surface area contributed by atoms with Crippen LogP contribution in [0, 0.1) is 0 Å². The van der Waals surface area contributed by atoms with Gasteiger partial charge in [0.15, 0.2) is 0 Å². The van der Waals surface area contributed by atoms with E-state index in [9.17, 15) is 13.2 Å². The third-order valence-corrected chi connectivity index (χ3v) is 7.17. The van der Waals surface area contributed by atoms with Crippen molar-refractivity contribution in [3.05, 3.63) is 53.6 Å². The first-order valence-electron chi connectivity index (χ1n) is 10.2. The van der Waals surface area contributed by atoms with Gasteiger partial charge in [0.05, 0.1) is 18.0 Å². The normalized spacial score (nSPS) is 17.5. The highest BCUT2D eigenvalue weighted by atomic mass is 32.2. The number of para-hydroxylation sites is 1. The van der Waals surface area contributed by atoms with Crippen LogP contribution in [-0.2, 0) is 21.2 Å². The predicted molar refractivity (Wildman–Crippen MR) is 119 cm³/mol. The molecule has 2 aromatic carbocycles. The van der Waals surface area contributed by atoms with E-state index in [0.717, 1.165) is 15.6 Å². The lowest BCUT2D eigenvalue weighted by Gasteiger charge is -2.37. The van der Waals surface area contributed by atoms with Crippen LogP contribution in [0.15, 0.2) is 47.4 Å². The van der Waals surface area contributed by atoms with Crippen molar-refractivity contribution < 1.29 is 22.7 Å². The molecule has 0 aromatic heterocycles. The second-order valence-electron chi connectivity index (χ2n) is 8.48. The van der Waals surface area contributed by atoms with Crippen molar-refractivity contribution in [2.75, 3.05) is 21.2 Å². The van der Waals surface area contributed by atoms with E-state index in [4.69, 9.17) is 9.47 Å². The molecule has 0 saturated heterocycles. The predicted octanol–water partition coefficient (Wildman–Crippen LogP) is 3.30. The second-order valence-corrected chi connectivity index (χ2v) is 10.6. The molecule has 168 valence electrons. The van der Waals surface area contributed by atoms with Gasteiger partial charge < -0.3 is 14.8 Å². The molecule has 1 heterocycles. The number of carbonyl (C=O) groups excluding carboxylic acids is 1. The van der Waals surface area contributed by atoms with Crippen LogP contribution in [0.5, 0.6) is 11.5 Å². The summed E-state index contributed by atoms with van der Waals surface area (Å²) in [5, 5.41) is 3.12. The molecule has 0 unspecified atom stereocenters. The first-order chi connectivity index (χ1) is 14.5. The summed E-state index contributed by atoms with van der Waals surface area (Å²) in [6.07, 6.45) is 1.23. The highest BCUT2D eigenvalue weighted by molar-refractivity contribution is 7.89. The molecule has 1 amide bonds. The number of hydrogen-bond donors (Lipinski definition) is 1. The zero-order valence-corrected chi connectivity index (χ0v) is 19.5. The number of amides is 1. The number of ether oxygens (including phenoxy) is 2. The molecule has 1 aliphatic rings. The molecule has 0 saturated carbocycles. The number of rotatable bonds is 7. The number of benzene rings is 2. The molecule has 31 heavy (non-hydrogen) atoms. The summed E-state index contributed by atoms with van der Waals surface area (Å²) in [5.41, 5.74) is 1.25. The van der Waals surface area contributed by atoms with Gasteiger partial charge in [-0.05, 0) is 50.1 Å². The number of methoxy groups -OCH3 is 1.